The Kier molecular flexibility index (Phi) is 5.33. The highest BCUT2D eigenvalue weighted by atomic mass is 19.1. The first-order valence-corrected chi connectivity index (χ1v) is 8.93. The van der Waals surface area contributed by atoms with E-state index >= 15 is 0 Å². The van der Waals surface area contributed by atoms with Crippen LogP contribution in [0, 0.1) is 28.8 Å². The molecule has 0 aliphatic heterocycles. The van der Waals surface area contributed by atoms with Crippen LogP contribution in [0.1, 0.15) is 45.1 Å². The van der Waals surface area contributed by atoms with Crippen molar-refractivity contribution in [2.75, 3.05) is 0 Å². The van der Waals surface area contributed by atoms with Crippen LogP contribution in [0.3, 0.4) is 0 Å². The van der Waals surface area contributed by atoms with Crippen LogP contribution in [-0.2, 0) is 5.60 Å². The standard InChI is InChI=1S/C21H19F3N4O/c1-12(2)28-19(14-7-5-13(11-25)6-8-14)26-27-20(28)21(3,4)29-18-16(23)9-15(22)10-17(18)24/h5-10,12H,1-4H3. The van der Waals surface area contributed by atoms with Crippen molar-refractivity contribution in [2.24, 2.45) is 0 Å². The van der Waals surface area contributed by atoms with Crippen molar-refractivity contribution in [3.8, 4) is 23.2 Å². The van der Waals surface area contributed by atoms with E-state index in [0.717, 1.165) is 5.56 Å². The van der Waals surface area contributed by atoms with E-state index in [0.29, 0.717) is 29.3 Å². The van der Waals surface area contributed by atoms with Gasteiger partial charge in [-0.3, -0.25) is 0 Å². The zero-order valence-electron chi connectivity index (χ0n) is 16.4. The summed E-state index contributed by atoms with van der Waals surface area (Å²) >= 11 is 0. The Morgan fingerprint density at radius 1 is 1.03 bits per heavy atom. The van der Waals surface area contributed by atoms with Crippen molar-refractivity contribution in [2.45, 2.75) is 39.3 Å². The largest absolute Gasteiger partial charge is 0.474 e. The minimum atomic E-state index is -1.28. The minimum Gasteiger partial charge on any atom is -0.474 e. The molecule has 5 nitrogen and oxygen atoms in total. The second kappa shape index (κ2) is 7.59. The van der Waals surface area contributed by atoms with Gasteiger partial charge in [0.15, 0.2) is 34.6 Å². The fourth-order valence-electron chi connectivity index (χ4n) is 3.01. The van der Waals surface area contributed by atoms with Crippen LogP contribution in [0.4, 0.5) is 13.2 Å². The molecule has 0 atom stereocenters. The average Bonchev–Trinajstić information content (AvgIpc) is 3.11. The zero-order valence-corrected chi connectivity index (χ0v) is 16.4. The van der Waals surface area contributed by atoms with Gasteiger partial charge in [0.25, 0.3) is 0 Å². The molecule has 1 heterocycles. The predicted molar refractivity (Wildman–Crippen MR) is 101 cm³/mol. The van der Waals surface area contributed by atoms with E-state index in [9.17, 15) is 13.2 Å². The molecule has 0 aliphatic rings. The van der Waals surface area contributed by atoms with Gasteiger partial charge in [-0.05, 0) is 52.0 Å². The Bertz CT molecular complexity index is 1060. The monoisotopic (exact) mass is 400 g/mol. The molecule has 0 radical (unpaired) electrons. The molecule has 0 saturated carbocycles. The second-order valence-electron chi connectivity index (χ2n) is 7.31. The molecule has 0 bridgehead atoms. The molecule has 29 heavy (non-hydrogen) atoms. The maximum atomic E-state index is 14.1. The number of ether oxygens (including phenoxy) is 1. The molecule has 3 aromatic rings. The Labute approximate surface area is 166 Å². The number of rotatable bonds is 5. The molecule has 2 aromatic carbocycles. The van der Waals surface area contributed by atoms with Crippen LogP contribution in [-0.4, -0.2) is 14.8 Å². The number of hydrogen-bond donors (Lipinski definition) is 0. The first kappa shape index (κ1) is 20.4. The minimum absolute atomic E-state index is 0.101. The summed E-state index contributed by atoms with van der Waals surface area (Å²) in [5, 5.41) is 17.4. The fourth-order valence-corrected chi connectivity index (χ4v) is 3.01. The van der Waals surface area contributed by atoms with Gasteiger partial charge in [-0.1, -0.05) is 0 Å². The van der Waals surface area contributed by atoms with Crippen LogP contribution in [0.25, 0.3) is 11.4 Å². The summed E-state index contributed by atoms with van der Waals surface area (Å²) in [6.07, 6.45) is 0. The van der Waals surface area contributed by atoms with Crippen molar-refractivity contribution < 1.29 is 17.9 Å². The number of halogens is 3. The van der Waals surface area contributed by atoms with E-state index in [-0.39, 0.29) is 6.04 Å². The molecule has 3 rings (SSSR count). The normalized spacial score (nSPS) is 11.6. The molecule has 0 fully saturated rings. The lowest BCUT2D eigenvalue weighted by molar-refractivity contribution is 0.0811. The molecule has 0 aliphatic carbocycles. The van der Waals surface area contributed by atoms with Crippen LogP contribution in [0.15, 0.2) is 36.4 Å². The molecule has 8 heteroatoms. The highest BCUT2D eigenvalue weighted by Gasteiger charge is 2.34. The van der Waals surface area contributed by atoms with Gasteiger partial charge in [-0.2, -0.15) is 5.26 Å². The Hall–Kier alpha value is -3.34. The highest BCUT2D eigenvalue weighted by Crippen LogP contribution is 2.34. The third kappa shape index (κ3) is 3.94. The van der Waals surface area contributed by atoms with E-state index in [1.54, 1.807) is 42.7 Å². The molecular weight excluding hydrogens is 381 g/mol. The van der Waals surface area contributed by atoms with Gasteiger partial charge in [0, 0.05) is 23.7 Å². The first-order valence-electron chi connectivity index (χ1n) is 8.93. The summed E-state index contributed by atoms with van der Waals surface area (Å²) < 4.78 is 48.8. The van der Waals surface area contributed by atoms with E-state index in [4.69, 9.17) is 10.00 Å². The van der Waals surface area contributed by atoms with Crippen molar-refractivity contribution in [3.63, 3.8) is 0 Å². The maximum absolute atomic E-state index is 14.1. The number of hydrogen-bond acceptors (Lipinski definition) is 4. The highest BCUT2D eigenvalue weighted by molar-refractivity contribution is 5.57. The lowest BCUT2D eigenvalue weighted by Gasteiger charge is -2.28. The fraction of sp³-hybridized carbons (Fsp3) is 0.286. The summed E-state index contributed by atoms with van der Waals surface area (Å²) in [6.45, 7) is 7.02. The third-order valence-electron chi connectivity index (χ3n) is 4.34. The van der Waals surface area contributed by atoms with Crippen LogP contribution < -0.4 is 4.74 Å². The smallest absolute Gasteiger partial charge is 0.192 e. The number of nitrogens with zero attached hydrogens (tertiary/aromatic N) is 4. The predicted octanol–water partition coefficient (Wildman–Crippen LogP) is 5.13. The summed E-state index contributed by atoms with van der Waals surface area (Å²) in [7, 11) is 0. The molecule has 0 unspecified atom stereocenters. The van der Waals surface area contributed by atoms with Crippen LogP contribution >= 0.6 is 0 Å². The summed E-state index contributed by atoms with van der Waals surface area (Å²) in [5.74, 6) is -3.13. The van der Waals surface area contributed by atoms with E-state index in [2.05, 4.69) is 16.3 Å². The molecular formula is C21H19F3N4O. The van der Waals surface area contributed by atoms with Crippen molar-refractivity contribution in [1.29, 1.82) is 5.26 Å². The van der Waals surface area contributed by atoms with Gasteiger partial charge < -0.3 is 9.30 Å². The number of aromatic nitrogens is 3. The molecule has 0 saturated heterocycles. The molecule has 1 aromatic heterocycles. The molecule has 0 N–H and O–H groups in total. The van der Waals surface area contributed by atoms with Crippen molar-refractivity contribution >= 4 is 0 Å². The second-order valence-corrected chi connectivity index (χ2v) is 7.31. The Morgan fingerprint density at radius 3 is 2.14 bits per heavy atom. The molecule has 150 valence electrons. The van der Waals surface area contributed by atoms with Gasteiger partial charge >= 0.3 is 0 Å². The first-order chi connectivity index (χ1) is 13.6. The van der Waals surface area contributed by atoms with E-state index in [1.807, 2.05) is 13.8 Å². The van der Waals surface area contributed by atoms with Crippen molar-refractivity contribution in [1.82, 2.24) is 14.8 Å². The Balaban J connectivity index is 2.06. The molecule has 0 amide bonds. The number of benzene rings is 2. The van der Waals surface area contributed by atoms with Crippen LogP contribution in [0.2, 0.25) is 0 Å². The van der Waals surface area contributed by atoms with Crippen LogP contribution in [0.5, 0.6) is 5.75 Å². The van der Waals surface area contributed by atoms with Gasteiger partial charge in [0.1, 0.15) is 5.82 Å². The summed E-state index contributed by atoms with van der Waals surface area (Å²) in [6, 6.07) is 9.90. The maximum Gasteiger partial charge on any atom is 0.192 e. The summed E-state index contributed by atoms with van der Waals surface area (Å²) in [4.78, 5) is 0. The number of nitriles is 1. The van der Waals surface area contributed by atoms with E-state index < -0.39 is 28.8 Å². The topological polar surface area (TPSA) is 63.7 Å². The van der Waals surface area contributed by atoms with Gasteiger partial charge in [-0.15, -0.1) is 10.2 Å². The zero-order chi connectivity index (χ0) is 21.3. The van der Waals surface area contributed by atoms with Gasteiger partial charge in [-0.25, -0.2) is 13.2 Å². The quantitative estimate of drug-likeness (QED) is 0.596. The average molecular weight is 400 g/mol. The van der Waals surface area contributed by atoms with Crippen molar-refractivity contribution in [3.05, 3.63) is 65.2 Å². The van der Waals surface area contributed by atoms with E-state index in [1.165, 1.54) is 0 Å². The Morgan fingerprint density at radius 2 is 1.62 bits per heavy atom. The van der Waals surface area contributed by atoms with Gasteiger partial charge in [0.2, 0.25) is 0 Å². The molecule has 0 spiro atoms. The SMILES string of the molecule is CC(C)n1c(-c2ccc(C#N)cc2)nnc1C(C)(C)Oc1c(F)cc(F)cc1F. The third-order valence-corrected chi connectivity index (χ3v) is 4.34. The lowest BCUT2D eigenvalue weighted by Crippen LogP contribution is -2.31. The van der Waals surface area contributed by atoms with Gasteiger partial charge in [0.05, 0.1) is 11.6 Å². The lowest BCUT2D eigenvalue weighted by atomic mass is 10.1. The summed E-state index contributed by atoms with van der Waals surface area (Å²) in [5.41, 5.74) is -0.0383.